The molecular weight excluding hydrogens is 419 g/mol. The number of phenols is 1. The lowest BCUT2D eigenvalue weighted by molar-refractivity contribution is 0.336. The van der Waals surface area contributed by atoms with Crippen molar-refractivity contribution in [2.24, 2.45) is 0 Å². The molecule has 0 saturated carbocycles. The van der Waals surface area contributed by atoms with Gasteiger partial charge in [-0.3, -0.25) is 4.52 Å². The maximum absolute atomic E-state index is 10.3. The number of phenolic OH excluding ortho intramolecular Hbond substituents is 1. The molecule has 0 amide bonds. The first-order valence-electron chi connectivity index (χ1n) is 12.2. The molecule has 0 aliphatic heterocycles. The molecule has 2 aromatic carbocycles. The van der Waals surface area contributed by atoms with Crippen LogP contribution < -0.4 is 4.52 Å². The summed E-state index contributed by atoms with van der Waals surface area (Å²) in [6.45, 7) is 6.48. The Bertz CT molecular complexity index is 769. The molecule has 0 saturated heterocycles. The summed E-state index contributed by atoms with van der Waals surface area (Å²) >= 11 is 0. The van der Waals surface area contributed by atoms with E-state index >= 15 is 0 Å². The molecule has 178 valence electrons. The minimum Gasteiger partial charge on any atom is -0.508 e. The van der Waals surface area contributed by atoms with Gasteiger partial charge in [0, 0.05) is 5.41 Å². The van der Waals surface area contributed by atoms with E-state index in [1.807, 2.05) is 24.3 Å². The Morgan fingerprint density at radius 1 is 0.688 bits per heavy atom. The molecule has 0 spiro atoms. The van der Waals surface area contributed by atoms with Gasteiger partial charge in [0.2, 0.25) is 0 Å². The standard InChI is InChI=1S/C27H41O4P/c1-4-5-6-7-8-9-10-11-12-13-22-32(29,30)31-26-20-16-24(17-21-26)27(2,3)23-14-18-25(28)19-15-23/h14-21,29-30H,4-13,22H2,1-3H3/p+1. The third-order valence-electron chi connectivity index (χ3n) is 6.22. The summed E-state index contributed by atoms with van der Waals surface area (Å²) in [5.74, 6) is 0.738. The predicted octanol–water partition coefficient (Wildman–Crippen LogP) is 7.77. The Morgan fingerprint density at radius 3 is 1.62 bits per heavy atom. The fraction of sp³-hybridized carbons (Fsp3) is 0.556. The lowest BCUT2D eigenvalue weighted by atomic mass is 9.78. The van der Waals surface area contributed by atoms with Crippen molar-refractivity contribution in [2.45, 2.75) is 90.4 Å². The van der Waals surface area contributed by atoms with Crippen molar-refractivity contribution in [3.8, 4) is 11.5 Å². The summed E-state index contributed by atoms with van der Waals surface area (Å²) in [4.78, 5) is 20.7. The fourth-order valence-electron chi connectivity index (χ4n) is 4.00. The van der Waals surface area contributed by atoms with E-state index in [0.29, 0.717) is 11.9 Å². The van der Waals surface area contributed by atoms with Crippen molar-refractivity contribution in [2.75, 3.05) is 6.16 Å². The van der Waals surface area contributed by atoms with Gasteiger partial charge in [0.15, 0.2) is 5.75 Å². The summed E-state index contributed by atoms with van der Waals surface area (Å²) in [6, 6.07) is 14.8. The molecule has 0 fully saturated rings. The van der Waals surface area contributed by atoms with Gasteiger partial charge in [0.05, 0.1) is 0 Å². The van der Waals surface area contributed by atoms with Gasteiger partial charge in [0.1, 0.15) is 11.9 Å². The zero-order valence-corrected chi connectivity index (χ0v) is 21.0. The summed E-state index contributed by atoms with van der Waals surface area (Å²) in [7, 11) is -3.39. The van der Waals surface area contributed by atoms with Crippen LogP contribution >= 0.6 is 7.94 Å². The Labute approximate surface area is 195 Å². The molecular formula is C27H42O4P+. The van der Waals surface area contributed by atoms with Crippen LogP contribution in [0.25, 0.3) is 0 Å². The number of rotatable bonds is 15. The van der Waals surface area contributed by atoms with Gasteiger partial charge in [-0.1, -0.05) is 96.4 Å². The maximum Gasteiger partial charge on any atom is 0.451 e. The third kappa shape index (κ3) is 9.10. The average molecular weight is 462 g/mol. The summed E-state index contributed by atoms with van der Waals surface area (Å²) in [5.41, 5.74) is 1.94. The maximum atomic E-state index is 10.3. The van der Waals surface area contributed by atoms with Crippen LogP contribution in [0, 0.1) is 0 Å². The first-order chi connectivity index (χ1) is 15.2. The highest BCUT2D eigenvalue weighted by molar-refractivity contribution is 7.60. The van der Waals surface area contributed by atoms with Crippen LogP contribution in [-0.4, -0.2) is 21.1 Å². The van der Waals surface area contributed by atoms with Crippen molar-refractivity contribution in [3.63, 3.8) is 0 Å². The lowest BCUT2D eigenvalue weighted by Crippen LogP contribution is -2.18. The van der Waals surface area contributed by atoms with Crippen LogP contribution in [0.15, 0.2) is 48.5 Å². The summed E-state index contributed by atoms with van der Waals surface area (Å²) < 4.78 is 5.56. The van der Waals surface area contributed by atoms with Crippen molar-refractivity contribution < 1.29 is 19.4 Å². The lowest BCUT2D eigenvalue weighted by Gasteiger charge is -2.26. The molecule has 0 aromatic heterocycles. The van der Waals surface area contributed by atoms with Gasteiger partial charge < -0.3 is 5.11 Å². The topological polar surface area (TPSA) is 69.9 Å². The van der Waals surface area contributed by atoms with E-state index in [0.717, 1.165) is 30.4 Å². The molecule has 0 aliphatic rings. The molecule has 0 bridgehead atoms. The Hall–Kier alpha value is -1.61. The number of aromatic hydroxyl groups is 1. The zero-order valence-electron chi connectivity index (χ0n) is 20.1. The minimum absolute atomic E-state index is 0.243. The summed E-state index contributed by atoms with van der Waals surface area (Å²) in [6.07, 6.45) is 12.4. The zero-order chi connectivity index (χ0) is 23.5. The van der Waals surface area contributed by atoms with E-state index in [4.69, 9.17) is 4.52 Å². The SMILES string of the molecule is CCCCCCCCCCCC[P+](O)(O)Oc1ccc(C(C)(C)c2ccc(O)cc2)cc1. The van der Waals surface area contributed by atoms with E-state index in [1.165, 1.54) is 44.9 Å². The van der Waals surface area contributed by atoms with Gasteiger partial charge in [0.25, 0.3) is 0 Å². The van der Waals surface area contributed by atoms with Crippen LogP contribution in [0.3, 0.4) is 0 Å². The molecule has 2 rings (SSSR count). The number of benzene rings is 2. The second kappa shape index (κ2) is 13.2. The Morgan fingerprint density at radius 2 is 1.12 bits per heavy atom. The first-order valence-corrected chi connectivity index (χ1v) is 14.0. The molecule has 0 radical (unpaired) electrons. The highest BCUT2D eigenvalue weighted by Gasteiger charge is 2.36. The summed E-state index contributed by atoms with van der Waals surface area (Å²) in [5, 5.41) is 9.53. The molecule has 0 heterocycles. The van der Waals surface area contributed by atoms with Crippen LogP contribution in [0.4, 0.5) is 0 Å². The molecule has 0 atom stereocenters. The van der Waals surface area contributed by atoms with Crippen molar-refractivity contribution in [1.29, 1.82) is 0 Å². The van der Waals surface area contributed by atoms with Crippen molar-refractivity contribution >= 4 is 7.94 Å². The second-order valence-electron chi connectivity index (χ2n) is 9.36. The Balaban J connectivity index is 1.74. The van der Waals surface area contributed by atoms with E-state index in [9.17, 15) is 14.9 Å². The van der Waals surface area contributed by atoms with Gasteiger partial charge in [-0.15, -0.1) is 0 Å². The minimum atomic E-state index is -3.39. The van der Waals surface area contributed by atoms with E-state index < -0.39 is 7.94 Å². The highest BCUT2D eigenvalue weighted by Crippen LogP contribution is 2.52. The Kier molecular flexibility index (Phi) is 11.0. The second-order valence-corrected chi connectivity index (χ2v) is 11.3. The number of hydrogen-bond acceptors (Lipinski definition) is 4. The van der Waals surface area contributed by atoms with Gasteiger partial charge >= 0.3 is 7.94 Å². The molecule has 5 heteroatoms. The molecule has 3 N–H and O–H groups in total. The van der Waals surface area contributed by atoms with Crippen LogP contribution in [-0.2, 0) is 5.41 Å². The third-order valence-corrected chi connectivity index (χ3v) is 7.62. The molecule has 2 aromatic rings. The van der Waals surface area contributed by atoms with Crippen LogP contribution in [0.2, 0.25) is 0 Å². The molecule has 4 nitrogen and oxygen atoms in total. The monoisotopic (exact) mass is 461 g/mol. The van der Waals surface area contributed by atoms with E-state index in [2.05, 4.69) is 20.8 Å². The predicted molar refractivity (Wildman–Crippen MR) is 135 cm³/mol. The quantitative estimate of drug-likeness (QED) is 0.187. The van der Waals surface area contributed by atoms with Crippen LogP contribution in [0.1, 0.15) is 96.1 Å². The molecule has 0 unspecified atom stereocenters. The van der Waals surface area contributed by atoms with E-state index in [1.54, 1.807) is 24.3 Å². The van der Waals surface area contributed by atoms with Crippen molar-refractivity contribution in [1.82, 2.24) is 0 Å². The van der Waals surface area contributed by atoms with E-state index in [-0.39, 0.29) is 11.2 Å². The first kappa shape index (κ1) is 26.6. The smallest absolute Gasteiger partial charge is 0.451 e. The molecule has 0 aliphatic carbocycles. The van der Waals surface area contributed by atoms with Crippen molar-refractivity contribution in [3.05, 3.63) is 59.7 Å². The van der Waals surface area contributed by atoms with Gasteiger partial charge in [-0.2, -0.15) is 9.79 Å². The fourth-order valence-corrected chi connectivity index (χ4v) is 5.18. The van der Waals surface area contributed by atoms with Gasteiger partial charge in [-0.05, 0) is 48.2 Å². The number of unbranched alkanes of at least 4 members (excludes halogenated alkanes) is 9. The molecule has 32 heavy (non-hydrogen) atoms. The van der Waals surface area contributed by atoms with Gasteiger partial charge in [-0.25, -0.2) is 0 Å². The highest BCUT2D eigenvalue weighted by atomic mass is 31.2. The average Bonchev–Trinajstić information content (AvgIpc) is 2.75. The van der Waals surface area contributed by atoms with Crippen LogP contribution in [0.5, 0.6) is 11.5 Å². The number of hydrogen-bond donors (Lipinski definition) is 3. The largest absolute Gasteiger partial charge is 0.508 e. The normalized spacial score (nSPS) is 12.2.